The van der Waals surface area contributed by atoms with Gasteiger partial charge in [0.1, 0.15) is 11.5 Å². The number of amides is 1. The normalized spacial score (nSPS) is 11.0. The molecule has 0 spiro atoms. The average molecular weight is 429 g/mol. The summed E-state index contributed by atoms with van der Waals surface area (Å²) in [5, 5.41) is 4.76. The number of anilines is 1. The lowest BCUT2D eigenvalue weighted by Crippen LogP contribution is -2.16. The first kappa shape index (κ1) is 19.3. The molecule has 0 aliphatic rings. The zero-order valence-electron chi connectivity index (χ0n) is 15.9. The predicted molar refractivity (Wildman–Crippen MR) is 117 cm³/mol. The number of hydrogen-bond donors (Lipinski definition) is 1. The van der Waals surface area contributed by atoms with Crippen molar-refractivity contribution in [2.24, 2.45) is 7.05 Å². The van der Waals surface area contributed by atoms with E-state index in [-0.39, 0.29) is 11.5 Å². The second-order valence-corrected chi connectivity index (χ2v) is 7.89. The van der Waals surface area contributed by atoms with Crippen molar-refractivity contribution in [3.63, 3.8) is 0 Å². The molecule has 0 saturated heterocycles. The summed E-state index contributed by atoms with van der Waals surface area (Å²) < 4.78 is 12.8. The minimum atomic E-state index is -0.321. The van der Waals surface area contributed by atoms with Gasteiger partial charge < -0.3 is 19.4 Å². The van der Waals surface area contributed by atoms with E-state index in [4.69, 9.17) is 21.1 Å². The Morgan fingerprint density at radius 1 is 1.07 bits per heavy atom. The number of ether oxygens (including phenoxy) is 2. The van der Waals surface area contributed by atoms with Crippen molar-refractivity contribution >= 4 is 55.5 Å². The van der Waals surface area contributed by atoms with Gasteiger partial charge in [-0.1, -0.05) is 11.6 Å². The maximum absolute atomic E-state index is 12.9. The number of halogens is 1. The van der Waals surface area contributed by atoms with Crippen molar-refractivity contribution in [3.05, 3.63) is 62.7 Å². The number of benzene rings is 2. The maximum Gasteiger partial charge on any atom is 0.265 e. The van der Waals surface area contributed by atoms with Crippen LogP contribution in [0.4, 0.5) is 5.69 Å². The average Bonchev–Trinajstić information content (AvgIpc) is 3.18. The fourth-order valence-electron chi connectivity index (χ4n) is 3.21. The van der Waals surface area contributed by atoms with E-state index in [0.717, 1.165) is 15.6 Å². The van der Waals surface area contributed by atoms with Crippen molar-refractivity contribution in [3.8, 4) is 11.5 Å². The Labute approximate surface area is 175 Å². The number of pyridine rings is 1. The summed E-state index contributed by atoms with van der Waals surface area (Å²) in [5.74, 6) is 0.781. The van der Waals surface area contributed by atoms with E-state index < -0.39 is 0 Å². The van der Waals surface area contributed by atoms with Crippen LogP contribution in [0.25, 0.3) is 21.0 Å². The molecule has 0 aliphatic carbocycles. The van der Waals surface area contributed by atoms with Gasteiger partial charge in [0.2, 0.25) is 0 Å². The molecule has 8 heteroatoms. The first-order valence-corrected chi connectivity index (χ1v) is 9.87. The fraction of sp³-hybridized carbons (Fsp3) is 0.143. The number of aromatic nitrogens is 1. The monoisotopic (exact) mass is 428 g/mol. The molecule has 0 radical (unpaired) electrons. The van der Waals surface area contributed by atoms with Crippen LogP contribution in [-0.4, -0.2) is 24.7 Å². The van der Waals surface area contributed by atoms with Crippen LogP contribution in [0.2, 0.25) is 5.02 Å². The van der Waals surface area contributed by atoms with E-state index in [1.54, 1.807) is 55.1 Å². The summed E-state index contributed by atoms with van der Waals surface area (Å²) in [5.41, 5.74) is 1.06. The van der Waals surface area contributed by atoms with Gasteiger partial charge in [-0.15, -0.1) is 11.3 Å². The summed E-state index contributed by atoms with van der Waals surface area (Å²) in [6.45, 7) is 0. The fourth-order valence-corrected chi connectivity index (χ4v) is 4.46. The number of nitrogens with one attached hydrogen (secondary N) is 1. The highest BCUT2D eigenvalue weighted by atomic mass is 35.5. The number of methoxy groups -OCH3 is 2. The molecule has 0 bridgehead atoms. The van der Waals surface area contributed by atoms with Crippen LogP contribution in [0.1, 0.15) is 9.67 Å². The molecule has 4 aromatic rings. The third-order valence-electron chi connectivity index (χ3n) is 4.71. The number of carbonyl (C=O) groups is 1. The highest BCUT2D eigenvalue weighted by Gasteiger charge is 2.18. The molecule has 2 aromatic heterocycles. The lowest BCUT2D eigenvalue weighted by Gasteiger charge is -2.10. The third-order valence-corrected chi connectivity index (χ3v) is 6.12. The van der Waals surface area contributed by atoms with Gasteiger partial charge in [-0.25, -0.2) is 0 Å². The van der Waals surface area contributed by atoms with Gasteiger partial charge in [0.05, 0.1) is 35.7 Å². The number of thiophene rings is 1. The van der Waals surface area contributed by atoms with Crippen molar-refractivity contribution in [2.75, 3.05) is 19.5 Å². The Kier molecular flexibility index (Phi) is 4.94. The largest absolute Gasteiger partial charge is 0.497 e. The van der Waals surface area contributed by atoms with E-state index in [0.29, 0.717) is 32.5 Å². The topological polar surface area (TPSA) is 69.6 Å². The standard InChI is InChI=1S/C21H17ClN2O4S/c1-24-16-8-11(22)4-6-13(16)19-14(21(24)26)10-18(29-19)20(25)23-15-7-5-12(27-2)9-17(15)28-3/h4-10H,1-3H3,(H,23,25). The summed E-state index contributed by atoms with van der Waals surface area (Å²) in [4.78, 5) is 26.1. The molecule has 0 unspecified atom stereocenters. The molecule has 0 aliphatic heterocycles. The molecule has 4 rings (SSSR count). The molecule has 29 heavy (non-hydrogen) atoms. The van der Waals surface area contributed by atoms with Crippen molar-refractivity contribution in [2.45, 2.75) is 0 Å². The lowest BCUT2D eigenvalue weighted by molar-refractivity contribution is 0.103. The van der Waals surface area contributed by atoms with Crippen LogP contribution in [0, 0.1) is 0 Å². The summed E-state index contributed by atoms with van der Waals surface area (Å²) in [6, 6.07) is 12.1. The molecular formula is C21H17ClN2O4S. The molecule has 148 valence electrons. The van der Waals surface area contributed by atoms with Gasteiger partial charge in [-0.05, 0) is 36.4 Å². The Hall–Kier alpha value is -3.03. The summed E-state index contributed by atoms with van der Waals surface area (Å²) in [7, 11) is 4.77. The van der Waals surface area contributed by atoms with Crippen LogP contribution < -0.4 is 20.3 Å². The van der Waals surface area contributed by atoms with E-state index >= 15 is 0 Å². The van der Waals surface area contributed by atoms with Crippen molar-refractivity contribution < 1.29 is 14.3 Å². The predicted octanol–water partition coefficient (Wildman–Crippen LogP) is 4.68. The Morgan fingerprint density at radius 3 is 2.59 bits per heavy atom. The van der Waals surface area contributed by atoms with Crippen LogP contribution in [-0.2, 0) is 7.05 Å². The minimum absolute atomic E-state index is 0.174. The molecule has 6 nitrogen and oxygen atoms in total. The van der Waals surface area contributed by atoms with Gasteiger partial charge >= 0.3 is 0 Å². The number of fused-ring (bicyclic) bond motifs is 3. The number of aryl methyl sites for hydroxylation is 1. The summed E-state index contributed by atoms with van der Waals surface area (Å²) in [6.07, 6.45) is 0. The van der Waals surface area contributed by atoms with E-state index in [2.05, 4.69) is 5.32 Å². The van der Waals surface area contributed by atoms with Crippen LogP contribution in [0.15, 0.2) is 47.3 Å². The molecule has 1 amide bonds. The van der Waals surface area contributed by atoms with Crippen molar-refractivity contribution in [1.29, 1.82) is 0 Å². The molecule has 2 aromatic carbocycles. The molecule has 1 N–H and O–H groups in total. The zero-order valence-corrected chi connectivity index (χ0v) is 17.5. The smallest absolute Gasteiger partial charge is 0.265 e. The lowest BCUT2D eigenvalue weighted by atomic mass is 10.1. The second-order valence-electron chi connectivity index (χ2n) is 6.40. The first-order chi connectivity index (χ1) is 13.9. The summed E-state index contributed by atoms with van der Waals surface area (Å²) >= 11 is 7.36. The first-order valence-electron chi connectivity index (χ1n) is 8.68. The molecular weight excluding hydrogens is 412 g/mol. The SMILES string of the molecule is COc1ccc(NC(=O)c2cc3c(=O)n(C)c4cc(Cl)ccc4c3s2)c(OC)c1. The molecule has 0 atom stereocenters. The van der Waals surface area contributed by atoms with Crippen LogP contribution in [0.5, 0.6) is 11.5 Å². The van der Waals surface area contributed by atoms with Crippen LogP contribution in [0.3, 0.4) is 0 Å². The van der Waals surface area contributed by atoms with E-state index in [1.165, 1.54) is 18.4 Å². The zero-order chi connectivity index (χ0) is 20.7. The number of rotatable bonds is 4. The van der Waals surface area contributed by atoms with E-state index in [1.807, 2.05) is 6.07 Å². The van der Waals surface area contributed by atoms with Gasteiger partial charge in [-0.3, -0.25) is 9.59 Å². The number of nitrogens with zero attached hydrogens (tertiary/aromatic N) is 1. The molecule has 2 heterocycles. The Morgan fingerprint density at radius 2 is 1.86 bits per heavy atom. The van der Waals surface area contributed by atoms with Gasteiger partial charge in [0.15, 0.2) is 0 Å². The van der Waals surface area contributed by atoms with Crippen molar-refractivity contribution in [1.82, 2.24) is 4.57 Å². The molecule has 0 fully saturated rings. The highest BCUT2D eigenvalue weighted by Crippen LogP contribution is 2.33. The van der Waals surface area contributed by atoms with Gasteiger partial charge in [0, 0.05) is 28.2 Å². The number of hydrogen-bond acceptors (Lipinski definition) is 5. The van der Waals surface area contributed by atoms with Gasteiger partial charge in [0.25, 0.3) is 11.5 Å². The van der Waals surface area contributed by atoms with Gasteiger partial charge in [-0.2, -0.15) is 0 Å². The number of carbonyl (C=O) groups excluding carboxylic acids is 1. The third kappa shape index (κ3) is 3.32. The Bertz CT molecular complexity index is 1330. The maximum atomic E-state index is 12.9. The minimum Gasteiger partial charge on any atom is -0.497 e. The van der Waals surface area contributed by atoms with Crippen LogP contribution >= 0.6 is 22.9 Å². The molecule has 0 saturated carbocycles. The highest BCUT2D eigenvalue weighted by molar-refractivity contribution is 7.21. The quantitative estimate of drug-likeness (QED) is 0.512. The Balaban J connectivity index is 1.79. The second kappa shape index (κ2) is 7.42. The van der Waals surface area contributed by atoms with E-state index in [9.17, 15) is 9.59 Å².